The maximum absolute atomic E-state index is 4.70. The van der Waals surface area contributed by atoms with E-state index in [9.17, 15) is 0 Å². The topological polar surface area (TPSA) is 121 Å². The molecule has 7 aliphatic heterocycles. The van der Waals surface area contributed by atoms with Crippen molar-refractivity contribution < 1.29 is 141 Å². The number of pyridine rings is 7. The van der Waals surface area contributed by atoms with Crippen molar-refractivity contribution >= 4 is 191 Å². The SMILES string of the molecule is CC1(C)Cc2cnc3c4[c-]cccc4c4cccc1c4n23.Cc1[c-]c2c(cc1)c1cccc3c1n1c(cnc21)CC3.Cc1c[c-]c2c(c1)c1cccc3c1n1c(cnc21)CC3.Cc1cc2c3c(c1)c1ccc[c-]c1c1ncc(n13)CC2.Cc1cc[c-]c2c1c1cccc3c1n1c(cnc21)CC3.Cc1ccc2c3c1c1ccc[c-]c1c1ncc(n13)CC2.Cc1ccc2c3ccc[c-]c3c3ncc4n3c2c1CC4.[Ir].[Ir].[Ir].[Ir].[Ir].[Ir].[Ir]. The molecule has 0 bridgehead atoms. The van der Waals surface area contributed by atoms with Crippen LogP contribution in [-0.4, -0.2) is 65.7 Å². The summed E-state index contributed by atoms with van der Waals surface area (Å²) in [5.41, 5.74) is 43.9. The molecule has 0 unspecified atom stereocenters. The third kappa shape index (κ3) is 15.3. The van der Waals surface area contributed by atoms with Gasteiger partial charge in [0.25, 0.3) is 0 Å². The van der Waals surface area contributed by atoms with E-state index in [1.54, 1.807) is 0 Å². The van der Waals surface area contributed by atoms with Gasteiger partial charge in [-0.15, -0.1) is 195 Å². The molecule has 0 fully saturated rings. The molecule has 21 heterocycles. The van der Waals surface area contributed by atoms with Gasteiger partial charge in [0.05, 0.1) is 39.5 Å². The van der Waals surface area contributed by atoms with Crippen LogP contribution in [-0.2, 0) is 230 Å². The molecular formula is C127H93Ir7N14-7. The first-order valence-corrected chi connectivity index (χ1v) is 49.7. The summed E-state index contributed by atoms with van der Waals surface area (Å²) in [6.45, 7) is 17.6. The molecule has 0 N–H and O–H groups in total. The average Bonchev–Trinajstić information content (AvgIpc) is 1.49. The Morgan fingerprint density at radius 2 is 0.601 bits per heavy atom. The zero-order valence-corrected chi connectivity index (χ0v) is 98.9. The molecule has 0 saturated heterocycles. The molecule has 7 radical (unpaired) electrons. The Labute approximate surface area is 948 Å². The fourth-order valence-electron chi connectivity index (χ4n) is 25.4. The molecular weight excluding hydrogens is 3070 g/mol. The number of fused-ring (bicyclic) bond motifs is 21. The third-order valence-corrected chi connectivity index (χ3v) is 31.7. The van der Waals surface area contributed by atoms with Gasteiger partial charge in [0.1, 0.15) is 0 Å². The molecule has 7 aliphatic rings. The summed E-state index contributed by atoms with van der Waals surface area (Å²) in [5.74, 6) is 0. The number of benzene rings is 14. The Kier molecular flexibility index (Phi) is 26.4. The van der Waals surface area contributed by atoms with Gasteiger partial charge < -0.3 is 30.8 Å². The predicted molar refractivity (Wildman–Crippen MR) is 573 cm³/mol. The Morgan fingerprint density at radius 3 is 1.14 bits per heavy atom. The van der Waals surface area contributed by atoms with Gasteiger partial charge in [-0.3, -0.25) is 34.9 Å². The minimum atomic E-state index is 0. The molecule has 0 atom stereocenters. The summed E-state index contributed by atoms with van der Waals surface area (Å²) >= 11 is 0. The number of nitrogens with zero attached hydrogens (tertiary/aromatic N) is 14. The largest absolute Gasteiger partial charge is 0.337 e. The Morgan fingerprint density at radius 1 is 0.243 bits per heavy atom. The number of rotatable bonds is 0. The molecule has 0 spiro atoms. The normalized spacial score (nSPS) is 13.5. The molecule has 21 heteroatoms. The van der Waals surface area contributed by atoms with Crippen LogP contribution in [0.3, 0.4) is 0 Å². The molecule has 0 saturated carbocycles. The minimum absolute atomic E-state index is 0. The zero-order chi connectivity index (χ0) is 93.8. The second kappa shape index (κ2) is 38.8. The summed E-state index contributed by atoms with van der Waals surface area (Å²) in [4.78, 5) is 32.7. The Hall–Kier alpha value is -11.9. The predicted octanol–water partition coefficient (Wildman–Crippen LogP) is 27.3. The van der Waals surface area contributed by atoms with Crippen molar-refractivity contribution in [2.45, 2.75) is 144 Å². The molecule has 741 valence electrons. The number of aryl methyl sites for hydroxylation is 18. The maximum atomic E-state index is 4.70. The minimum Gasteiger partial charge on any atom is -0.337 e. The van der Waals surface area contributed by atoms with Crippen LogP contribution in [0.1, 0.15) is 126 Å². The molecule has 14 aromatic carbocycles. The van der Waals surface area contributed by atoms with Gasteiger partial charge in [0.2, 0.25) is 0 Å². The van der Waals surface area contributed by atoms with Crippen LogP contribution in [0.25, 0.3) is 191 Å². The number of aromatic nitrogens is 14. The van der Waals surface area contributed by atoms with Gasteiger partial charge in [0, 0.05) is 263 Å². The van der Waals surface area contributed by atoms with Crippen LogP contribution in [0, 0.1) is 84.0 Å². The molecule has 35 rings (SSSR count). The standard InChI is InChI=1S/C19H15N2.6C18H13N2.7Ir/c1-19(2)10-12-11-20-18-15-7-4-3-6-13(15)14-8-5-9-16(19)17(14)21(12)18;1-11-4-2-7-15-16(11)14-6-3-5-12-8-9-13-10-19-18(15)20(13)17(12)14;1-11-5-8-14-15-4-2-3-12-6-7-13-10-19-18(16(14)9-11)20(13)17(12)15;1-11-5-8-15-16(9-11)14-4-2-3-12-6-7-13-10-19-18(15)20(13)17(12)14;1-11-6-8-15-14-4-2-3-5-16(14)18-19-10-12-7-9-13(11)17(15)20(12)18;1-11-8-12-6-7-13-10-19-18-15-5-3-2-4-14(15)16(9-11)17(12)20(13)18;1-11-6-7-12-8-9-13-10-19-18-15-5-3-2-4-14(15)16(11)17(12)20(13)18;;;;;;;/h3-6,8-9,11H,10H2,1-2H3;2-6,10H,8-9H2,1H3;2-5,8,10H,6-7H2,1H3;2-5,9-10H,6-7H2,1H3;2-4,6,8,10H,7,9H2,1H3;2-4,8-10H,6-7H2,1H3;2-4,6-7,10H,8-9H2,1H3;;;;;;;/q7*-1;;;;;;;. The van der Waals surface area contributed by atoms with E-state index in [2.05, 4.69) is 347 Å². The van der Waals surface area contributed by atoms with Crippen LogP contribution < -0.4 is 0 Å². The van der Waals surface area contributed by atoms with Gasteiger partial charge in [-0.1, -0.05) is 203 Å². The van der Waals surface area contributed by atoms with E-state index in [1.807, 2.05) is 73.7 Å². The van der Waals surface area contributed by atoms with Crippen LogP contribution in [0.2, 0.25) is 0 Å². The van der Waals surface area contributed by atoms with Crippen LogP contribution in [0.4, 0.5) is 0 Å². The first-order chi connectivity index (χ1) is 69.2. The second-order valence-electron chi connectivity index (χ2n) is 40.5. The molecule has 14 aromatic heterocycles. The zero-order valence-electron chi connectivity index (χ0n) is 82.1. The van der Waals surface area contributed by atoms with Crippen LogP contribution in [0.5, 0.6) is 0 Å². The fourth-order valence-corrected chi connectivity index (χ4v) is 25.4. The second-order valence-corrected chi connectivity index (χ2v) is 40.5. The van der Waals surface area contributed by atoms with E-state index in [0.29, 0.717) is 0 Å². The van der Waals surface area contributed by atoms with Crippen molar-refractivity contribution in [1.29, 1.82) is 0 Å². The van der Waals surface area contributed by atoms with Crippen LogP contribution in [0.15, 0.2) is 262 Å². The van der Waals surface area contributed by atoms with Gasteiger partial charge >= 0.3 is 0 Å². The van der Waals surface area contributed by atoms with Crippen LogP contribution >= 0.6 is 0 Å². The third-order valence-electron chi connectivity index (χ3n) is 31.7. The molecule has 0 amide bonds. The summed E-state index contributed by atoms with van der Waals surface area (Å²) in [6.07, 6.45) is 28.3. The van der Waals surface area contributed by atoms with Crippen molar-refractivity contribution in [2.75, 3.05) is 0 Å². The van der Waals surface area contributed by atoms with Gasteiger partial charge in [-0.2, -0.15) is 0 Å². The summed E-state index contributed by atoms with van der Waals surface area (Å²) in [6, 6.07) is 102. The van der Waals surface area contributed by atoms with Crippen molar-refractivity contribution in [3.05, 3.63) is 416 Å². The molecule has 14 nitrogen and oxygen atoms in total. The fraction of sp³-hybridized carbons (Fsp3) is 0.173. The first kappa shape index (κ1) is 101. The van der Waals surface area contributed by atoms with Gasteiger partial charge in [-0.05, 0) is 192 Å². The van der Waals surface area contributed by atoms with Crippen molar-refractivity contribution in [3.8, 4) is 0 Å². The quantitative estimate of drug-likeness (QED) is 0.109. The molecule has 0 aliphatic carbocycles. The Bertz CT molecular complexity index is 10300. The molecule has 148 heavy (non-hydrogen) atoms. The van der Waals surface area contributed by atoms with E-state index >= 15 is 0 Å². The van der Waals surface area contributed by atoms with Gasteiger partial charge in [-0.25, -0.2) is 0 Å². The summed E-state index contributed by atoms with van der Waals surface area (Å²) in [7, 11) is 0. The van der Waals surface area contributed by atoms with E-state index in [4.69, 9.17) is 4.98 Å². The number of imidazole rings is 7. The monoisotopic (exact) mass is 3160 g/mol. The maximum Gasteiger partial charge on any atom is 0.0611 e. The van der Waals surface area contributed by atoms with E-state index < -0.39 is 0 Å². The smallest absolute Gasteiger partial charge is 0.0611 e. The Balaban J connectivity index is 0.0000000971. The average molecular weight is 3160 g/mol. The summed E-state index contributed by atoms with van der Waals surface area (Å²) < 4.78 is 16.4. The van der Waals surface area contributed by atoms with Gasteiger partial charge in [0.15, 0.2) is 0 Å². The van der Waals surface area contributed by atoms with E-state index in [1.165, 1.54) is 221 Å². The molecule has 28 aromatic rings. The van der Waals surface area contributed by atoms with Crippen molar-refractivity contribution in [3.63, 3.8) is 0 Å². The number of hydrogen-bond acceptors (Lipinski definition) is 7. The number of para-hydroxylation sites is 4. The summed E-state index contributed by atoms with van der Waals surface area (Å²) in [5, 5.41) is 26.1. The van der Waals surface area contributed by atoms with Crippen molar-refractivity contribution in [1.82, 2.24) is 65.7 Å². The van der Waals surface area contributed by atoms with Crippen molar-refractivity contribution in [2.24, 2.45) is 0 Å². The van der Waals surface area contributed by atoms with E-state index in [-0.39, 0.29) is 146 Å². The first-order valence-electron chi connectivity index (χ1n) is 49.7. The van der Waals surface area contributed by atoms with E-state index in [0.717, 1.165) is 166 Å². The number of hydrogen-bond donors (Lipinski definition) is 0.